The molecule has 0 aromatic carbocycles. The second-order valence-corrected chi connectivity index (χ2v) is 3.28. The van der Waals surface area contributed by atoms with Crippen molar-refractivity contribution in [2.45, 2.75) is 26.2 Å². The lowest BCUT2D eigenvalue weighted by Crippen LogP contribution is -2.58. The first-order chi connectivity index (χ1) is 5.59. The van der Waals surface area contributed by atoms with Crippen molar-refractivity contribution in [1.29, 1.82) is 0 Å². The molecule has 0 unspecified atom stereocenters. The molecule has 4 nitrogen and oxygen atoms in total. The number of carbonyl (C=O) groups is 2. The Morgan fingerprint density at radius 2 is 1.67 bits per heavy atom. The SMILES string of the molecule is CC(=O)[N+]1(C(=O)O)CCCCC1. The molecule has 0 bridgehead atoms. The minimum Gasteiger partial charge on any atom is -0.435 e. The van der Waals surface area contributed by atoms with E-state index in [1.54, 1.807) is 0 Å². The summed E-state index contributed by atoms with van der Waals surface area (Å²) in [5.41, 5.74) is 0. The van der Waals surface area contributed by atoms with Gasteiger partial charge in [-0.15, -0.1) is 0 Å². The molecule has 1 rings (SSSR count). The fourth-order valence-electron chi connectivity index (χ4n) is 1.69. The molecule has 1 N–H and O–H groups in total. The lowest BCUT2D eigenvalue weighted by Gasteiger charge is -2.31. The average Bonchev–Trinajstić information content (AvgIpc) is 2.05. The third kappa shape index (κ3) is 1.34. The van der Waals surface area contributed by atoms with Crippen LogP contribution < -0.4 is 0 Å². The van der Waals surface area contributed by atoms with Gasteiger partial charge in [-0.1, -0.05) is 0 Å². The van der Waals surface area contributed by atoms with Gasteiger partial charge >= 0.3 is 12.0 Å². The number of imide groups is 1. The van der Waals surface area contributed by atoms with Crippen molar-refractivity contribution in [3.8, 4) is 0 Å². The van der Waals surface area contributed by atoms with Gasteiger partial charge in [0, 0.05) is 0 Å². The molecular formula is C8H14NO3+. The summed E-state index contributed by atoms with van der Waals surface area (Å²) in [7, 11) is 0. The van der Waals surface area contributed by atoms with E-state index in [2.05, 4.69) is 0 Å². The lowest BCUT2D eigenvalue weighted by atomic mass is 10.1. The number of amides is 2. The summed E-state index contributed by atoms with van der Waals surface area (Å²) in [5.74, 6) is -0.248. The molecule has 68 valence electrons. The summed E-state index contributed by atoms with van der Waals surface area (Å²) in [6.45, 7) is 2.29. The molecule has 1 heterocycles. The van der Waals surface area contributed by atoms with Gasteiger partial charge in [-0.25, -0.2) is 4.79 Å². The number of likely N-dealkylation sites (tertiary alicyclic amines) is 1. The van der Waals surface area contributed by atoms with Crippen LogP contribution in [-0.4, -0.2) is 34.7 Å². The van der Waals surface area contributed by atoms with Gasteiger partial charge in [-0.2, -0.15) is 9.28 Å². The van der Waals surface area contributed by atoms with Crippen molar-refractivity contribution >= 4 is 12.0 Å². The maximum Gasteiger partial charge on any atom is 0.521 e. The van der Waals surface area contributed by atoms with E-state index in [1.807, 2.05) is 0 Å². The zero-order chi connectivity index (χ0) is 9.19. The summed E-state index contributed by atoms with van der Waals surface area (Å²) in [6, 6.07) is 0. The van der Waals surface area contributed by atoms with Gasteiger partial charge in [0.15, 0.2) is 0 Å². The maximum absolute atomic E-state index is 11.2. The molecule has 0 aromatic rings. The first-order valence-corrected chi connectivity index (χ1v) is 4.21. The van der Waals surface area contributed by atoms with E-state index in [9.17, 15) is 9.59 Å². The minimum absolute atomic E-state index is 0.248. The van der Waals surface area contributed by atoms with E-state index in [-0.39, 0.29) is 10.4 Å². The van der Waals surface area contributed by atoms with E-state index in [0.29, 0.717) is 13.1 Å². The number of hydrogen-bond donors (Lipinski definition) is 1. The Balaban J connectivity index is 2.84. The predicted molar refractivity (Wildman–Crippen MR) is 42.6 cm³/mol. The molecule has 1 aliphatic heterocycles. The van der Waals surface area contributed by atoms with Crippen LogP contribution in [0, 0.1) is 0 Å². The van der Waals surface area contributed by atoms with E-state index < -0.39 is 6.09 Å². The number of quaternary nitrogens is 1. The monoisotopic (exact) mass is 172 g/mol. The standard InChI is InChI=1S/C8H13NO3/c1-7(10)9(8(11)12)5-3-2-4-6-9/h2-6H2,1H3/p+1. The topological polar surface area (TPSA) is 54.4 Å². The van der Waals surface area contributed by atoms with Crippen LogP contribution >= 0.6 is 0 Å². The fraction of sp³-hybridized carbons (Fsp3) is 0.750. The molecule has 1 aliphatic rings. The highest BCUT2D eigenvalue weighted by Gasteiger charge is 2.43. The van der Waals surface area contributed by atoms with Crippen molar-refractivity contribution in [1.82, 2.24) is 0 Å². The number of hydrogen-bond acceptors (Lipinski definition) is 2. The summed E-state index contributed by atoms with van der Waals surface area (Å²) in [6.07, 6.45) is 1.72. The molecule has 4 heteroatoms. The van der Waals surface area contributed by atoms with Gasteiger partial charge < -0.3 is 5.11 Å². The zero-order valence-corrected chi connectivity index (χ0v) is 7.25. The first-order valence-electron chi connectivity index (χ1n) is 4.21. The maximum atomic E-state index is 11.2. The summed E-state index contributed by atoms with van der Waals surface area (Å²) >= 11 is 0. The van der Waals surface area contributed by atoms with Crippen molar-refractivity contribution in [3.63, 3.8) is 0 Å². The Hall–Kier alpha value is -0.900. The van der Waals surface area contributed by atoms with E-state index in [4.69, 9.17) is 5.11 Å². The van der Waals surface area contributed by atoms with Gasteiger partial charge in [-0.3, -0.25) is 0 Å². The number of piperidine rings is 1. The zero-order valence-electron chi connectivity index (χ0n) is 7.25. The largest absolute Gasteiger partial charge is 0.521 e. The smallest absolute Gasteiger partial charge is 0.435 e. The van der Waals surface area contributed by atoms with Gasteiger partial charge in [0.1, 0.15) is 0 Å². The van der Waals surface area contributed by atoms with Crippen molar-refractivity contribution in [3.05, 3.63) is 0 Å². The van der Waals surface area contributed by atoms with Gasteiger partial charge in [0.05, 0.1) is 20.0 Å². The fourth-order valence-corrected chi connectivity index (χ4v) is 1.69. The number of rotatable bonds is 0. The lowest BCUT2D eigenvalue weighted by molar-refractivity contribution is -0.786. The van der Waals surface area contributed by atoms with Crippen LogP contribution in [0.25, 0.3) is 0 Å². The van der Waals surface area contributed by atoms with Crippen molar-refractivity contribution in [2.24, 2.45) is 0 Å². The number of carbonyl (C=O) groups excluding carboxylic acids is 1. The summed E-state index contributed by atoms with van der Waals surface area (Å²) < 4.78 is -0.361. The Kier molecular flexibility index (Phi) is 2.47. The van der Waals surface area contributed by atoms with Crippen LogP contribution in [0.5, 0.6) is 0 Å². The third-order valence-electron chi connectivity index (χ3n) is 2.55. The molecular weight excluding hydrogens is 158 g/mol. The first kappa shape index (κ1) is 9.19. The summed E-state index contributed by atoms with van der Waals surface area (Å²) in [4.78, 5) is 22.0. The number of nitrogens with zero attached hydrogens (tertiary/aromatic N) is 1. The van der Waals surface area contributed by atoms with Crippen LogP contribution in [0.4, 0.5) is 4.79 Å². The van der Waals surface area contributed by atoms with Crippen LogP contribution in [0.2, 0.25) is 0 Å². The second kappa shape index (κ2) is 3.23. The molecule has 0 spiro atoms. The van der Waals surface area contributed by atoms with Gasteiger partial charge in [-0.05, 0) is 19.3 Å². The Bertz CT molecular complexity index is 190. The van der Waals surface area contributed by atoms with Crippen LogP contribution in [-0.2, 0) is 4.79 Å². The van der Waals surface area contributed by atoms with E-state index in [0.717, 1.165) is 19.3 Å². The Labute approximate surface area is 71.4 Å². The van der Waals surface area contributed by atoms with Crippen LogP contribution in [0.3, 0.4) is 0 Å². The van der Waals surface area contributed by atoms with Gasteiger partial charge in [0.2, 0.25) is 0 Å². The van der Waals surface area contributed by atoms with Crippen LogP contribution in [0.1, 0.15) is 26.2 Å². The molecule has 2 amide bonds. The molecule has 0 atom stereocenters. The van der Waals surface area contributed by atoms with E-state index >= 15 is 0 Å². The third-order valence-corrected chi connectivity index (χ3v) is 2.55. The molecule has 0 aromatic heterocycles. The molecule has 0 saturated carbocycles. The molecule has 0 aliphatic carbocycles. The van der Waals surface area contributed by atoms with Crippen LogP contribution in [0.15, 0.2) is 0 Å². The Morgan fingerprint density at radius 3 is 1.92 bits per heavy atom. The minimum atomic E-state index is -0.998. The Morgan fingerprint density at radius 1 is 1.17 bits per heavy atom. The predicted octanol–water partition coefficient (Wildman–Crippen LogP) is 1.21. The quantitative estimate of drug-likeness (QED) is 0.559. The highest BCUT2D eigenvalue weighted by atomic mass is 16.4. The highest BCUT2D eigenvalue weighted by Crippen LogP contribution is 2.19. The number of carboxylic acid groups (broad SMARTS) is 1. The summed E-state index contributed by atoms with van der Waals surface area (Å²) in [5, 5.41) is 8.91. The van der Waals surface area contributed by atoms with Crippen molar-refractivity contribution < 1.29 is 19.2 Å². The molecule has 0 radical (unpaired) electrons. The molecule has 1 fully saturated rings. The van der Waals surface area contributed by atoms with E-state index in [1.165, 1.54) is 6.92 Å². The molecule has 1 saturated heterocycles. The average molecular weight is 172 g/mol. The second-order valence-electron chi connectivity index (χ2n) is 3.28. The van der Waals surface area contributed by atoms with Crippen molar-refractivity contribution in [2.75, 3.05) is 13.1 Å². The molecule has 12 heavy (non-hydrogen) atoms. The normalized spacial score (nSPS) is 21.8. The highest BCUT2D eigenvalue weighted by molar-refractivity contribution is 5.78. The van der Waals surface area contributed by atoms with Gasteiger partial charge in [0.25, 0.3) is 0 Å².